The van der Waals surface area contributed by atoms with Gasteiger partial charge in [0.05, 0.1) is 12.1 Å². The largest absolute Gasteiger partial charge is 0.481 e. The molecule has 1 aromatic heterocycles. The summed E-state index contributed by atoms with van der Waals surface area (Å²) in [4.78, 5) is 18.4. The number of thiazole rings is 1. The van der Waals surface area contributed by atoms with E-state index in [1.165, 1.54) is 0 Å². The standard InChI is InChI=1S/C12H20N2O2S/c1-8(2)12-9(5-6-11(15)16)17-10(13-12)7-14(3)4/h8H,5-7H2,1-4H3,(H,15,16). The zero-order valence-electron chi connectivity index (χ0n) is 10.9. The molecule has 0 spiro atoms. The summed E-state index contributed by atoms with van der Waals surface area (Å²) in [6.07, 6.45) is 0.775. The van der Waals surface area contributed by atoms with Crippen LogP contribution in [0.25, 0.3) is 0 Å². The normalized spacial score (nSPS) is 11.4. The molecule has 17 heavy (non-hydrogen) atoms. The van der Waals surface area contributed by atoms with Crippen LogP contribution in [-0.2, 0) is 17.8 Å². The molecule has 1 aromatic rings. The SMILES string of the molecule is CC(C)c1nc(CN(C)C)sc1CCC(=O)O. The molecule has 1 N–H and O–H groups in total. The first-order valence-electron chi connectivity index (χ1n) is 5.75. The molecular weight excluding hydrogens is 236 g/mol. The number of aliphatic carboxylic acids is 1. The molecular formula is C12H20N2O2S. The van der Waals surface area contributed by atoms with Crippen LogP contribution in [0.3, 0.4) is 0 Å². The van der Waals surface area contributed by atoms with Crippen LogP contribution in [-0.4, -0.2) is 35.1 Å². The number of carbonyl (C=O) groups is 1. The van der Waals surface area contributed by atoms with Gasteiger partial charge in [0.2, 0.25) is 0 Å². The van der Waals surface area contributed by atoms with Crippen LogP contribution in [0.15, 0.2) is 0 Å². The molecule has 0 bridgehead atoms. The Morgan fingerprint density at radius 3 is 2.59 bits per heavy atom. The second-order valence-electron chi connectivity index (χ2n) is 4.70. The van der Waals surface area contributed by atoms with Crippen molar-refractivity contribution < 1.29 is 9.90 Å². The minimum Gasteiger partial charge on any atom is -0.481 e. The van der Waals surface area contributed by atoms with E-state index in [1.54, 1.807) is 11.3 Å². The Morgan fingerprint density at radius 2 is 2.12 bits per heavy atom. The Bertz CT molecular complexity index is 386. The lowest BCUT2D eigenvalue weighted by atomic mass is 10.1. The number of rotatable bonds is 6. The van der Waals surface area contributed by atoms with Gasteiger partial charge in [-0.15, -0.1) is 11.3 Å². The van der Waals surface area contributed by atoms with Crippen molar-refractivity contribution in [3.8, 4) is 0 Å². The third-order valence-electron chi connectivity index (χ3n) is 2.34. The second-order valence-corrected chi connectivity index (χ2v) is 5.87. The number of aromatic nitrogens is 1. The first-order valence-corrected chi connectivity index (χ1v) is 6.56. The maximum absolute atomic E-state index is 10.6. The van der Waals surface area contributed by atoms with E-state index < -0.39 is 5.97 Å². The molecule has 0 aliphatic heterocycles. The van der Waals surface area contributed by atoms with Crippen LogP contribution < -0.4 is 0 Å². The van der Waals surface area contributed by atoms with Crippen LogP contribution in [0.5, 0.6) is 0 Å². The van der Waals surface area contributed by atoms with Crippen LogP contribution in [0.1, 0.15) is 41.8 Å². The van der Waals surface area contributed by atoms with Crippen LogP contribution in [0.4, 0.5) is 0 Å². The van der Waals surface area contributed by atoms with Gasteiger partial charge in [0.1, 0.15) is 5.01 Å². The summed E-state index contributed by atoms with van der Waals surface area (Å²) < 4.78 is 0. The predicted octanol–water partition coefficient (Wildman–Crippen LogP) is 2.35. The van der Waals surface area contributed by atoms with Crippen LogP contribution in [0, 0.1) is 0 Å². The molecule has 0 aromatic carbocycles. The van der Waals surface area contributed by atoms with Gasteiger partial charge in [-0.05, 0) is 26.4 Å². The highest BCUT2D eigenvalue weighted by molar-refractivity contribution is 7.11. The number of hydrogen-bond donors (Lipinski definition) is 1. The molecule has 0 aliphatic carbocycles. The van der Waals surface area contributed by atoms with Crippen molar-refractivity contribution in [2.75, 3.05) is 14.1 Å². The van der Waals surface area contributed by atoms with E-state index in [-0.39, 0.29) is 6.42 Å². The Morgan fingerprint density at radius 1 is 1.47 bits per heavy atom. The van der Waals surface area contributed by atoms with Gasteiger partial charge in [-0.3, -0.25) is 4.79 Å². The molecule has 5 heteroatoms. The van der Waals surface area contributed by atoms with E-state index in [9.17, 15) is 4.79 Å². The monoisotopic (exact) mass is 256 g/mol. The highest BCUT2D eigenvalue weighted by Gasteiger charge is 2.15. The third kappa shape index (κ3) is 4.44. The first kappa shape index (κ1) is 14.1. The Kier molecular flexibility index (Phi) is 5.08. The molecule has 4 nitrogen and oxygen atoms in total. The van der Waals surface area contributed by atoms with E-state index in [1.807, 2.05) is 14.1 Å². The van der Waals surface area contributed by atoms with Gasteiger partial charge in [0.25, 0.3) is 0 Å². The molecule has 0 amide bonds. The highest BCUT2D eigenvalue weighted by atomic mass is 32.1. The van der Waals surface area contributed by atoms with Gasteiger partial charge >= 0.3 is 5.97 Å². The van der Waals surface area contributed by atoms with Crippen molar-refractivity contribution in [1.29, 1.82) is 0 Å². The zero-order valence-corrected chi connectivity index (χ0v) is 11.7. The Balaban J connectivity index is 2.85. The van der Waals surface area contributed by atoms with Crippen molar-refractivity contribution in [2.45, 2.75) is 39.2 Å². The number of nitrogens with zero attached hydrogens (tertiary/aromatic N) is 2. The quantitative estimate of drug-likeness (QED) is 0.849. The van der Waals surface area contributed by atoms with E-state index >= 15 is 0 Å². The molecule has 0 atom stereocenters. The molecule has 0 saturated heterocycles. The average molecular weight is 256 g/mol. The zero-order chi connectivity index (χ0) is 13.0. The number of carboxylic acid groups (broad SMARTS) is 1. The molecule has 0 saturated carbocycles. The summed E-state index contributed by atoms with van der Waals surface area (Å²) in [5, 5.41) is 9.80. The summed E-state index contributed by atoms with van der Waals surface area (Å²) >= 11 is 1.64. The molecule has 0 unspecified atom stereocenters. The maximum atomic E-state index is 10.6. The van der Waals surface area contributed by atoms with E-state index in [0.29, 0.717) is 12.3 Å². The summed E-state index contributed by atoms with van der Waals surface area (Å²) in [5.74, 6) is -0.395. The van der Waals surface area contributed by atoms with E-state index in [0.717, 1.165) is 22.1 Å². The van der Waals surface area contributed by atoms with Crippen molar-refractivity contribution in [3.63, 3.8) is 0 Å². The lowest BCUT2D eigenvalue weighted by Gasteiger charge is -2.05. The van der Waals surface area contributed by atoms with E-state index in [4.69, 9.17) is 5.11 Å². The molecule has 0 fully saturated rings. The second kappa shape index (κ2) is 6.12. The van der Waals surface area contributed by atoms with E-state index in [2.05, 4.69) is 23.7 Å². The van der Waals surface area contributed by atoms with Crippen molar-refractivity contribution >= 4 is 17.3 Å². The number of carboxylic acids is 1. The summed E-state index contributed by atoms with van der Waals surface area (Å²) in [6, 6.07) is 0. The Hall–Kier alpha value is -0.940. The molecule has 0 radical (unpaired) electrons. The van der Waals surface area contributed by atoms with Crippen LogP contribution in [0.2, 0.25) is 0 Å². The van der Waals surface area contributed by atoms with Gasteiger partial charge in [0.15, 0.2) is 0 Å². The molecule has 1 heterocycles. The maximum Gasteiger partial charge on any atom is 0.303 e. The minimum atomic E-state index is -0.748. The Labute approximate surface area is 106 Å². The smallest absolute Gasteiger partial charge is 0.303 e. The predicted molar refractivity (Wildman–Crippen MR) is 69.6 cm³/mol. The summed E-state index contributed by atoms with van der Waals surface area (Å²) in [6.45, 7) is 5.01. The highest BCUT2D eigenvalue weighted by Crippen LogP contribution is 2.26. The van der Waals surface area contributed by atoms with Crippen LogP contribution >= 0.6 is 11.3 Å². The number of hydrogen-bond acceptors (Lipinski definition) is 4. The van der Waals surface area contributed by atoms with Crippen molar-refractivity contribution in [3.05, 3.63) is 15.6 Å². The van der Waals surface area contributed by atoms with Gasteiger partial charge < -0.3 is 10.0 Å². The topological polar surface area (TPSA) is 53.4 Å². The van der Waals surface area contributed by atoms with Gasteiger partial charge in [-0.1, -0.05) is 13.8 Å². The fourth-order valence-electron chi connectivity index (χ4n) is 1.60. The fraction of sp³-hybridized carbons (Fsp3) is 0.667. The number of aryl methyl sites for hydroxylation is 1. The molecule has 0 aliphatic rings. The molecule has 1 rings (SSSR count). The van der Waals surface area contributed by atoms with Gasteiger partial charge in [-0.2, -0.15) is 0 Å². The minimum absolute atomic E-state index is 0.184. The third-order valence-corrected chi connectivity index (χ3v) is 3.45. The van der Waals surface area contributed by atoms with Crippen molar-refractivity contribution in [2.24, 2.45) is 0 Å². The summed E-state index contributed by atoms with van der Waals surface area (Å²) in [5.41, 5.74) is 1.06. The lowest BCUT2D eigenvalue weighted by Crippen LogP contribution is -2.10. The van der Waals surface area contributed by atoms with Gasteiger partial charge in [-0.25, -0.2) is 4.98 Å². The lowest BCUT2D eigenvalue weighted by molar-refractivity contribution is -0.136. The van der Waals surface area contributed by atoms with Crippen molar-refractivity contribution in [1.82, 2.24) is 9.88 Å². The van der Waals surface area contributed by atoms with Gasteiger partial charge in [0, 0.05) is 11.4 Å². The first-order chi connectivity index (χ1) is 7.90. The summed E-state index contributed by atoms with van der Waals surface area (Å²) in [7, 11) is 4.01. The molecule has 96 valence electrons. The fourth-order valence-corrected chi connectivity index (χ4v) is 2.94. The average Bonchev–Trinajstić information content (AvgIpc) is 2.57.